The van der Waals surface area contributed by atoms with Crippen LogP contribution in [0.4, 0.5) is 5.69 Å². The summed E-state index contributed by atoms with van der Waals surface area (Å²) in [7, 11) is 0. The number of ether oxygens (including phenoxy) is 1. The number of nitriles is 1. The Morgan fingerprint density at radius 2 is 2.20 bits per heavy atom. The van der Waals surface area contributed by atoms with Crippen molar-refractivity contribution in [1.29, 1.82) is 5.26 Å². The van der Waals surface area contributed by atoms with Crippen LogP contribution in [0.25, 0.3) is 0 Å². The molecule has 7 nitrogen and oxygen atoms in total. The summed E-state index contributed by atoms with van der Waals surface area (Å²) in [6.07, 6.45) is 0.373. The first kappa shape index (κ1) is 15.4. The normalized spacial score (nSPS) is 10.7. The zero-order valence-electron chi connectivity index (χ0n) is 11.1. The Morgan fingerprint density at radius 1 is 1.55 bits per heavy atom. The van der Waals surface area contributed by atoms with Crippen molar-refractivity contribution < 1.29 is 19.6 Å². The lowest BCUT2D eigenvalue weighted by atomic mass is 9.92. The molecular weight excluding hydrogens is 264 g/mol. The van der Waals surface area contributed by atoms with Gasteiger partial charge in [-0.3, -0.25) is 10.1 Å². The molecule has 0 saturated carbocycles. The van der Waals surface area contributed by atoms with Gasteiger partial charge in [0.15, 0.2) is 5.75 Å². The van der Waals surface area contributed by atoms with Crippen LogP contribution in [0.15, 0.2) is 18.2 Å². The predicted octanol–water partition coefficient (Wildman–Crippen LogP) is 2.61. The van der Waals surface area contributed by atoms with Crippen LogP contribution in [0.2, 0.25) is 0 Å². The second-order valence-electron chi connectivity index (χ2n) is 4.84. The lowest BCUT2D eigenvalue weighted by Crippen LogP contribution is -2.13. The van der Waals surface area contributed by atoms with Crippen molar-refractivity contribution >= 4 is 11.7 Å². The third-order valence-corrected chi connectivity index (χ3v) is 2.69. The van der Waals surface area contributed by atoms with Gasteiger partial charge in [0.1, 0.15) is 0 Å². The van der Waals surface area contributed by atoms with Gasteiger partial charge in [0, 0.05) is 12.1 Å². The summed E-state index contributed by atoms with van der Waals surface area (Å²) in [5.74, 6) is -1.30. The fraction of sp³-hybridized carbons (Fsp3) is 0.385. The lowest BCUT2D eigenvalue weighted by molar-refractivity contribution is -0.385. The van der Waals surface area contributed by atoms with Crippen molar-refractivity contribution in [2.24, 2.45) is 5.41 Å². The number of carbonyl (C=O) groups is 1. The highest BCUT2D eigenvalue weighted by molar-refractivity contribution is 5.88. The van der Waals surface area contributed by atoms with Gasteiger partial charge in [-0.15, -0.1) is 0 Å². The molecule has 0 aliphatic carbocycles. The molecule has 0 atom stereocenters. The highest BCUT2D eigenvalue weighted by Gasteiger charge is 2.20. The quantitative estimate of drug-likeness (QED) is 0.632. The molecule has 106 valence electrons. The largest absolute Gasteiger partial charge is 0.487 e. The van der Waals surface area contributed by atoms with Crippen molar-refractivity contribution in [3.8, 4) is 11.8 Å². The van der Waals surface area contributed by atoms with E-state index in [0.717, 1.165) is 18.2 Å². The smallest absolute Gasteiger partial charge is 0.335 e. The van der Waals surface area contributed by atoms with Crippen molar-refractivity contribution in [2.75, 3.05) is 6.61 Å². The maximum absolute atomic E-state index is 10.8. The number of carboxylic acid groups (broad SMARTS) is 1. The van der Waals surface area contributed by atoms with E-state index in [1.165, 1.54) is 0 Å². The maximum atomic E-state index is 10.8. The fourth-order valence-electron chi connectivity index (χ4n) is 1.39. The van der Waals surface area contributed by atoms with E-state index in [9.17, 15) is 14.9 Å². The van der Waals surface area contributed by atoms with Crippen LogP contribution in [-0.2, 0) is 0 Å². The fourth-order valence-corrected chi connectivity index (χ4v) is 1.39. The van der Waals surface area contributed by atoms with Crippen molar-refractivity contribution in [3.63, 3.8) is 0 Å². The number of hydrogen-bond donors (Lipinski definition) is 1. The molecule has 0 radical (unpaired) electrons. The van der Waals surface area contributed by atoms with Gasteiger partial charge in [-0.2, -0.15) is 5.26 Å². The second-order valence-corrected chi connectivity index (χ2v) is 4.84. The molecule has 20 heavy (non-hydrogen) atoms. The number of rotatable bonds is 6. The number of nitrogens with zero attached hydrogens (tertiary/aromatic N) is 2. The highest BCUT2D eigenvalue weighted by Crippen LogP contribution is 2.29. The van der Waals surface area contributed by atoms with Crippen LogP contribution in [0.5, 0.6) is 5.75 Å². The molecule has 0 aromatic heterocycles. The minimum absolute atomic E-state index is 0.0878. The summed E-state index contributed by atoms with van der Waals surface area (Å²) < 4.78 is 5.27. The van der Waals surface area contributed by atoms with Crippen molar-refractivity contribution in [2.45, 2.75) is 20.3 Å². The zero-order valence-corrected chi connectivity index (χ0v) is 11.1. The van der Waals surface area contributed by atoms with Crippen LogP contribution >= 0.6 is 0 Å². The molecule has 0 fully saturated rings. The first-order valence-corrected chi connectivity index (χ1v) is 5.82. The highest BCUT2D eigenvalue weighted by atomic mass is 16.6. The van der Waals surface area contributed by atoms with E-state index in [2.05, 4.69) is 6.07 Å². The molecule has 0 amide bonds. The van der Waals surface area contributed by atoms with E-state index >= 15 is 0 Å². The van der Waals surface area contributed by atoms with E-state index in [1.54, 1.807) is 13.8 Å². The zero-order chi connectivity index (χ0) is 15.3. The van der Waals surface area contributed by atoms with Crippen LogP contribution in [0.1, 0.15) is 30.6 Å². The van der Waals surface area contributed by atoms with Crippen LogP contribution in [0, 0.1) is 26.9 Å². The van der Waals surface area contributed by atoms with E-state index in [-0.39, 0.29) is 23.6 Å². The number of nitro benzene ring substituents is 1. The summed E-state index contributed by atoms with van der Waals surface area (Å²) in [6.45, 7) is 3.53. The van der Waals surface area contributed by atoms with Gasteiger partial charge in [-0.25, -0.2) is 4.79 Å². The molecule has 0 spiro atoms. The van der Waals surface area contributed by atoms with E-state index in [1.807, 2.05) is 0 Å². The summed E-state index contributed by atoms with van der Waals surface area (Å²) in [4.78, 5) is 21.0. The Labute approximate surface area is 115 Å². The molecule has 0 heterocycles. The van der Waals surface area contributed by atoms with Crippen LogP contribution in [-0.4, -0.2) is 22.6 Å². The lowest BCUT2D eigenvalue weighted by Gasteiger charge is -2.15. The number of aromatic carboxylic acids is 1. The number of hydrogen-bond acceptors (Lipinski definition) is 5. The SMILES string of the molecule is CC(C)(C#N)CCOc1cc(C(=O)O)ccc1[N+](=O)[O-]. The average Bonchev–Trinajstić information content (AvgIpc) is 2.38. The summed E-state index contributed by atoms with van der Waals surface area (Å²) in [5, 5.41) is 28.6. The monoisotopic (exact) mass is 278 g/mol. The Bertz CT molecular complexity index is 575. The Kier molecular flexibility index (Phi) is 4.64. The first-order chi connectivity index (χ1) is 9.26. The average molecular weight is 278 g/mol. The summed E-state index contributed by atoms with van der Waals surface area (Å²) in [5.41, 5.74) is -1.01. The van der Waals surface area contributed by atoms with Crippen LogP contribution in [0.3, 0.4) is 0 Å². The van der Waals surface area contributed by atoms with Crippen molar-refractivity contribution in [3.05, 3.63) is 33.9 Å². The summed E-state index contributed by atoms with van der Waals surface area (Å²) >= 11 is 0. The number of nitro groups is 1. The summed E-state index contributed by atoms with van der Waals surface area (Å²) in [6, 6.07) is 5.43. The van der Waals surface area contributed by atoms with E-state index in [4.69, 9.17) is 15.1 Å². The molecule has 1 aromatic rings. The molecular formula is C13H14N2O5. The molecule has 1 rings (SSSR count). The topological polar surface area (TPSA) is 113 Å². The minimum atomic E-state index is -1.19. The molecule has 0 bridgehead atoms. The van der Waals surface area contributed by atoms with Gasteiger partial charge in [-0.1, -0.05) is 0 Å². The predicted molar refractivity (Wildman–Crippen MR) is 69.6 cm³/mol. The van der Waals surface area contributed by atoms with Gasteiger partial charge < -0.3 is 9.84 Å². The van der Waals surface area contributed by atoms with Gasteiger partial charge in [0.05, 0.1) is 28.6 Å². The maximum Gasteiger partial charge on any atom is 0.335 e. The Balaban J connectivity index is 2.92. The van der Waals surface area contributed by atoms with Gasteiger partial charge in [0.2, 0.25) is 0 Å². The van der Waals surface area contributed by atoms with Gasteiger partial charge in [0.25, 0.3) is 0 Å². The number of carboxylic acids is 1. The van der Waals surface area contributed by atoms with Gasteiger partial charge in [-0.05, 0) is 26.3 Å². The van der Waals surface area contributed by atoms with E-state index < -0.39 is 16.3 Å². The van der Waals surface area contributed by atoms with Crippen molar-refractivity contribution in [1.82, 2.24) is 0 Å². The molecule has 1 N–H and O–H groups in total. The molecule has 0 aliphatic rings. The first-order valence-electron chi connectivity index (χ1n) is 5.82. The second kappa shape index (κ2) is 6.02. The van der Waals surface area contributed by atoms with Gasteiger partial charge >= 0.3 is 11.7 Å². The van der Waals surface area contributed by atoms with E-state index in [0.29, 0.717) is 6.42 Å². The molecule has 1 aromatic carbocycles. The number of benzene rings is 1. The molecule has 0 aliphatic heterocycles. The molecule has 0 saturated heterocycles. The molecule has 0 unspecified atom stereocenters. The minimum Gasteiger partial charge on any atom is -0.487 e. The third kappa shape index (κ3) is 3.95. The third-order valence-electron chi connectivity index (χ3n) is 2.69. The molecule has 7 heteroatoms. The Morgan fingerprint density at radius 3 is 2.70 bits per heavy atom. The standard InChI is InChI=1S/C13H14N2O5/c1-13(2,8-14)5-6-20-11-7-9(12(16)17)3-4-10(11)15(18)19/h3-4,7H,5-6H2,1-2H3,(H,16,17). The van der Waals surface area contributed by atoms with Crippen LogP contribution < -0.4 is 4.74 Å². The Hall–Kier alpha value is -2.62.